The standard InChI is InChI=1S/C15H21NO/c1-13(17)16-12-6-5-9-15(16)11-10-14-7-3-2-4-8-14/h2-4,7-8,15H,5-6,9-12H2,1H3/t15-/m0/s1. The van der Waals surface area contributed by atoms with Crippen LogP contribution in [0.5, 0.6) is 0 Å². The van der Waals surface area contributed by atoms with E-state index in [0.717, 1.165) is 19.4 Å². The number of hydrogen-bond donors (Lipinski definition) is 0. The molecular formula is C15H21NO. The molecule has 0 aliphatic carbocycles. The molecule has 1 heterocycles. The van der Waals surface area contributed by atoms with Crippen LogP contribution in [0.1, 0.15) is 38.2 Å². The fraction of sp³-hybridized carbons (Fsp3) is 0.533. The van der Waals surface area contributed by atoms with Gasteiger partial charge in [0.2, 0.25) is 5.91 Å². The first-order valence-corrected chi connectivity index (χ1v) is 6.58. The van der Waals surface area contributed by atoms with Gasteiger partial charge in [0.1, 0.15) is 0 Å². The maximum atomic E-state index is 11.5. The van der Waals surface area contributed by atoms with Gasteiger partial charge < -0.3 is 4.90 Å². The molecule has 17 heavy (non-hydrogen) atoms. The molecule has 0 bridgehead atoms. The molecular weight excluding hydrogens is 210 g/mol. The molecule has 0 unspecified atom stereocenters. The van der Waals surface area contributed by atoms with Crippen molar-refractivity contribution in [1.82, 2.24) is 4.90 Å². The zero-order chi connectivity index (χ0) is 12.1. The summed E-state index contributed by atoms with van der Waals surface area (Å²) in [6, 6.07) is 11.0. The third-order valence-corrected chi connectivity index (χ3v) is 3.64. The third-order valence-electron chi connectivity index (χ3n) is 3.64. The van der Waals surface area contributed by atoms with Crippen LogP contribution in [0.4, 0.5) is 0 Å². The summed E-state index contributed by atoms with van der Waals surface area (Å²) in [5, 5.41) is 0. The van der Waals surface area contributed by atoms with E-state index >= 15 is 0 Å². The van der Waals surface area contributed by atoms with Gasteiger partial charge >= 0.3 is 0 Å². The number of likely N-dealkylation sites (tertiary alicyclic amines) is 1. The van der Waals surface area contributed by atoms with Gasteiger partial charge in [0.25, 0.3) is 0 Å². The number of carbonyl (C=O) groups is 1. The molecule has 1 aromatic rings. The Bertz CT molecular complexity index is 360. The molecule has 0 radical (unpaired) electrons. The Labute approximate surface area is 104 Å². The van der Waals surface area contributed by atoms with E-state index in [4.69, 9.17) is 0 Å². The van der Waals surface area contributed by atoms with Gasteiger partial charge in [-0.1, -0.05) is 30.3 Å². The van der Waals surface area contributed by atoms with Crippen molar-refractivity contribution < 1.29 is 4.79 Å². The molecule has 0 saturated carbocycles. The largest absolute Gasteiger partial charge is 0.340 e. The smallest absolute Gasteiger partial charge is 0.219 e. The van der Waals surface area contributed by atoms with Crippen LogP contribution in [0.2, 0.25) is 0 Å². The first-order chi connectivity index (χ1) is 8.27. The van der Waals surface area contributed by atoms with E-state index in [2.05, 4.69) is 29.2 Å². The van der Waals surface area contributed by atoms with Gasteiger partial charge in [-0.2, -0.15) is 0 Å². The number of aryl methyl sites for hydroxylation is 1. The van der Waals surface area contributed by atoms with Crippen LogP contribution in [-0.4, -0.2) is 23.4 Å². The minimum absolute atomic E-state index is 0.239. The first kappa shape index (κ1) is 12.2. The molecule has 2 nitrogen and oxygen atoms in total. The van der Waals surface area contributed by atoms with Crippen LogP contribution < -0.4 is 0 Å². The fourth-order valence-electron chi connectivity index (χ4n) is 2.69. The Morgan fingerprint density at radius 2 is 2.06 bits per heavy atom. The summed E-state index contributed by atoms with van der Waals surface area (Å²) >= 11 is 0. The minimum Gasteiger partial charge on any atom is -0.340 e. The predicted octanol–water partition coefficient (Wildman–Crippen LogP) is 3.02. The zero-order valence-corrected chi connectivity index (χ0v) is 10.6. The van der Waals surface area contributed by atoms with E-state index in [-0.39, 0.29) is 5.91 Å². The second kappa shape index (κ2) is 5.85. The third kappa shape index (κ3) is 3.32. The van der Waals surface area contributed by atoms with E-state index in [9.17, 15) is 4.79 Å². The molecule has 1 aliphatic rings. The van der Waals surface area contributed by atoms with E-state index in [1.54, 1.807) is 6.92 Å². The van der Waals surface area contributed by atoms with Crippen LogP contribution in [0.15, 0.2) is 30.3 Å². The summed E-state index contributed by atoms with van der Waals surface area (Å²) in [4.78, 5) is 13.6. The molecule has 92 valence electrons. The summed E-state index contributed by atoms with van der Waals surface area (Å²) < 4.78 is 0. The van der Waals surface area contributed by atoms with E-state index < -0.39 is 0 Å². The van der Waals surface area contributed by atoms with Crippen molar-refractivity contribution in [1.29, 1.82) is 0 Å². The maximum Gasteiger partial charge on any atom is 0.219 e. The zero-order valence-electron chi connectivity index (χ0n) is 10.6. The number of piperidine rings is 1. The number of rotatable bonds is 3. The van der Waals surface area contributed by atoms with Crippen LogP contribution in [0, 0.1) is 0 Å². The number of hydrogen-bond acceptors (Lipinski definition) is 1. The van der Waals surface area contributed by atoms with Crippen molar-refractivity contribution in [3.05, 3.63) is 35.9 Å². The molecule has 1 aromatic carbocycles. The predicted molar refractivity (Wildman–Crippen MR) is 69.8 cm³/mol. The lowest BCUT2D eigenvalue weighted by Gasteiger charge is -2.35. The lowest BCUT2D eigenvalue weighted by molar-refractivity contribution is -0.132. The summed E-state index contributed by atoms with van der Waals surface area (Å²) in [5.74, 6) is 0.239. The molecule has 2 heteroatoms. The highest BCUT2D eigenvalue weighted by Crippen LogP contribution is 2.21. The Morgan fingerprint density at radius 1 is 1.29 bits per heavy atom. The summed E-state index contributed by atoms with van der Waals surface area (Å²) in [7, 11) is 0. The Balaban J connectivity index is 1.90. The lowest BCUT2D eigenvalue weighted by atomic mass is 9.96. The van der Waals surface area contributed by atoms with Crippen molar-refractivity contribution in [2.45, 2.75) is 45.1 Å². The summed E-state index contributed by atoms with van der Waals surface area (Å²) in [6.07, 6.45) is 5.79. The van der Waals surface area contributed by atoms with Crippen molar-refractivity contribution >= 4 is 5.91 Å². The Hall–Kier alpha value is -1.31. The number of amides is 1. The maximum absolute atomic E-state index is 11.5. The average molecular weight is 231 g/mol. The molecule has 1 amide bonds. The number of nitrogens with zero attached hydrogens (tertiary/aromatic N) is 1. The molecule has 0 aromatic heterocycles. The van der Waals surface area contributed by atoms with Gasteiger partial charge in [0.15, 0.2) is 0 Å². The van der Waals surface area contributed by atoms with Crippen molar-refractivity contribution in [2.24, 2.45) is 0 Å². The molecule has 1 aliphatic heterocycles. The second-order valence-electron chi connectivity index (χ2n) is 4.89. The van der Waals surface area contributed by atoms with Crippen molar-refractivity contribution in [3.63, 3.8) is 0 Å². The SMILES string of the molecule is CC(=O)N1CCCC[C@H]1CCc1ccccc1. The van der Waals surface area contributed by atoms with Crippen LogP contribution in [0.3, 0.4) is 0 Å². The second-order valence-corrected chi connectivity index (χ2v) is 4.89. The fourth-order valence-corrected chi connectivity index (χ4v) is 2.69. The minimum atomic E-state index is 0.239. The van der Waals surface area contributed by atoms with E-state index in [1.807, 2.05) is 6.07 Å². The molecule has 1 saturated heterocycles. The number of benzene rings is 1. The topological polar surface area (TPSA) is 20.3 Å². The summed E-state index contributed by atoms with van der Waals surface area (Å²) in [6.45, 7) is 2.65. The Kier molecular flexibility index (Phi) is 4.18. The first-order valence-electron chi connectivity index (χ1n) is 6.58. The quantitative estimate of drug-likeness (QED) is 0.783. The molecule has 2 rings (SSSR count). The van der Waals surface area contributed by atoms with Gasteiger partial charge in [-0.05, 0) is 37.7 Å². The highest BCUT2D eigenvalue weighted by molar-refractivity contribution is 5.73. The molecule has 1 atom stereocenters. The van der Waals surface area contributed by atoms with E-state index in [1.165, 1.54) is 24.8 Å². The monoisotopic (exact) mass is 231 g/mol. The van der Waals surface area contributed by atoms with Crippen LogP contribution in [-0.2, 0) is 11.2 Å². The van der Waals surface area contributed by atoms with Gasteiger partial charge in [-0.3, -0.25) is 4.79 Å². The van der Waals surface area contributed by atoms with Crippen LogP contribution >= 0.6 is 0 Å². The van der Waals surface area contributed by atoms with Crippen molar-refractivity contribution in [3.8, 4) is 0 Å². The highest BCUT2D eigenvalue weighted by atomic mass is 16.2. The van der Waals surface area contributed by atoms with Crippen molar-refractivity contribution in [2.75, 3.05) is 6.54 Å². The Morgan fingerprint density at radius 3 is 2.76 bits per heavy atom. The number of carbonyl (C=O) groups excluding carboxylic acids is 1. The lowest BCUT2D eigenvalue weighted by Crippen LogP contribution is -2.42. The van der Waals surface area contributed by atoms with Gasteiger partial charge in [0.05, 0.1) is 0 Å². The molecule has 0 spiro atoms. The van der Waals surface area contributed by atoms with Gasteiger partial charge in [-0.15, -0.1) is 0 Å². The normalized spacial score (nSPS) is 20.3. The molecule has 1 fully saturated rings. The highest BCUT2D eigenvalue weighted by Gasteiger charge is 2.23. The van der Waals surface area contributed by atoms with Gasteiger partial charge in [0, 0.05) is 19.5 Å². The molecule has 0 N–H and O–H groups in total. The van der Waals surface area contributed by atoms with Gasteiger partial charge in [-0.25, -0.2) is 0 Å². The summed E-state index contributed by atoms with van der Waals surface area (Å²) in [5.41, 5.74) is 1.38. The van der Waals surface area contributed by atoms with E-state index in [0.29, 0.717) is 6.04 Å². The van der Waals surface area contributed by atoms with Crippen LogP contribution in [0.25, 0.3) is 0 Å². The average Bonchev–Trinajstić information content (AvgIpc) is 2.38.